The summed E-state index contributed by atoms with van der Waals surface area (Å²) in [4.78, 5) is 10.6. The summed E-state index contributed by atoms with van der Waals surface area (Å²) in [7, 11) is 0. The normalized spacial score (nSPS) is 15.9. The van der Waals surface area contributed by atoms with Crippen molar-refractivity contribution in [1.29, 1.82) is 0 Å². The quantitative estimate of drug-likeness (QED) is 0.581. The lowest BCUT2D eigenvalue weighted by Crippen LogP contribution is -2.14. The predicted octanol–water partition coefficient (Wildman–Crippen LogP) is 4.25. The molecule has 0 spiro atoms. The first-order chi connectivity index (χ1) is 9.67. The molecule has 0 bridgehead atoms. The highest BCUT2D eigenvalue weighted by Gasteiger charge is 2.02. The minimum absolute atomic E-state index is 0.406. The van der Waals surface area contributed by atoms with E-state index >= 15 is 0 Å². The van der Waals surface area contributed by atoms with Gasteiger partial charge >= 0.3 is 0 Å². The van der Waals surface area contributed by atoms with E-state index in [-0.39, 0.29) is 0 Å². The summed E-state index contributed by atoms with van der Waals surface area (Å²) >= 11 is 0. The van der Waals surface area contributed by atoms with E-state index < -0.39 is 0 Å². The number of hydrogen-bond donors (Lipinski definition) is 1. The van der Waals surface area contributed by atoms with Crippen LogP contribution in [0.2, 0.25) is 0 Å². The Hall–Kier alpha value is -1.90. The van der Waals surface area contributed by atoms with Crippen LogP contribution in [0.3, 0.4) is 0 Å². The molecule has 0 radical (unpaired) electrons. The van der Waals surface area contributed by atoms with E-state index in [2.05, 4.69) is 37.0 Å². The number of allylic oxidation sites excluding steroid dienone is 6. The first-order valence-electron chi connectivity index (χ1n) is 6.78. The van der Waals surface area contributed by atoms with Gasteiger partial charge in [-0.1, -0.05) is 37.3 Å². The summed E-state index contributed by atoms with van der Waals surface area (Å²) in [5.74, 6) is 0.406. The molecule has 0 saturated carbocycles. The molecule has 0 fully saturated rings. The lowest BCUT2D eigenvalue weighted by Gasteiger charge is -2.11. The molecule has 0 aliphatic heterocycles. The van der Waals surface area contributed by atoms with Crippen LogP contribution in [0.1, 0.15) is 26.7 Å². The molecule has 1 rings (SSSR count). The van der Waals surface area contributed by atoms with Crippen molar-refractivity contribution in [3.05, 3.63) is 60.6 Å². The predicted molar refractivity (Wildman–Crippen MR) is 83.9 cm³/mol. The minimum Gasteiger partial charge on any atom is -0.382 e. The lowest BCUT2D eigenvalue weighted by molar-refractivity contribution is -0.105. The summed E-state index contributed by atoms with van der Waals surface area (Å²) in [5.41, 5.74) is 1.91. The van der Waals surface area contributed by atoms with Gasteiger partial charge in [-0.3, -0.25) is 4.79 Å². The van der Waals surface area contributed by atoms with Crippen LogP contribution in [-0.2, 0) is 4.79 Å². The largest absolute Gasteiger partial charge is 0.382 e. The molecule has 1 unspecified atom stereocenters. The van der Waals surface area contributed by atoms with Crippen LogP contribution in [0.25, 0.3) is 0 Å². The molecule has 1 N–H and O–H groups in total. The third kappa shape index (κ3) is 9.09. The SMILES string of the molecule is C/C=C/F.C=CC(C)/C=C/CNC1=CCCC(C=O)=C1. The highest BCUT2D eigenvalue weighted by molar-refractivity contribution is 5.74. The Balaban J connectivity index is 0.000000796. The van der Waals surface area contributed by atoms with E-state index in [1.54, 1.807) is 6.92 Å². The maximum atomic E-state index is 10.6. The van der Waals surface area contributed by atoms with Crippen LogP contribution in [0.15, 0.2) is 60.6 Å². The van der Waals surface area contributed by atoms with Crippen LogP contribution in [0, 0.1) is 5.92 Å². The van der Waals surface area contributed by atoms with E-state index in [1.165, 1.54) is 6.08 Å². The van der Waals surface area contributed by atoms with Gasteiger partial charge in [-0.05, 0) is 37.3 Å². The zero-order chi connectivity index (χ0) is 15.2. The summed E-state index contributed by atoms with van der Waals surface area (Å²) in [6.07, 6.45) is 14.7. The van der Waals surface area contributed by atoms with Crippen LogP contribution in [0.5, 0.6) is 0 Å². The fourth-order valence-electron chi connectivity index (χ4n) is 1.48. The van der Waals surface area contributed by atoms with E-state index in [0.717, 1.165) is 36.9 Å². The lowest BCUT2D eigenvalue weighted by atomic mass is 10.0. The molecule has 1 aliphatic rings. The molecule has 3 heteroatoms. The number of aldehydes is 1. The van der Waals surface area contributed by atoms with Gasteiger partial charge in [0.05, 0.1) is 6.33 Å². The van der Waals surface area contributed by atoms with E-state index in [1.807, 2.05) is 12.2 Å². The van der Waals surface area contributed by atoms with E-state index in [0.29, 0.717) is 12.2 Å². The van der Waals surface area contributed by atoms with Gasteiger partial charge in [0.1, 0.15) is 6.29 Å². The molecule has 20 heavy (non-hydrogen) atoms. The molecule has 0 aromatic heterocycles. The fourth-order valence-corrected chi connectivity index (χ4v) is 1.48. The van der Waals surface area contributed by atoms with E-state index in [4.69, 9.17) is 0 Å². The molecule has 0 heterocycles. The molecule has 110 valence electrons. The second-order valence-electron chi connectivity index (χ2n) is 4.40. The van der Waals surface area contributed by atoms with Crippen molar-refractivity contribution in [2.45, 2.75) is 26.7 Å². The van der Waals surface area contributed by atoms with Gasteiger partial charge in [-0.25, -0.2) is 4.39 Å². The van der Waals surface area contributed by atoms with Crippen molar-refractivity contribution in [3.8, 4) is 0 Å². The summed E-state index contributed by atoms with van der Waals surface area (Å²) < 4.78 is 10.5. The van der Waals surface area contributed by atoms with Crippen molar-refractivity contribution in [3.63, 3.8) is 0 Å². The maximum Gasteiger partial charge on any atom is 0.146 e. The monoisotopic (exact) mass is 277 g/mol. The van der Waals surface area contributed by atoms with Crippen molar-refractivity contribution in [2.24, 2.45) is 5.92 Å². The Morgan fingerprint density at radius 3 is 2.80 bits per heavy atom. The van der Waals surface area contributed by atoms with Gasteiger partial charge in [0.2, 0.25) is 0 Å². The molecule has 1 aliphatic carbocycles. The number of carbonyl (C=O) groups is 1. The summed E-state index contributed by atoms with van der Waals surface area (Å²) in [6, 6.07) is 0. The van der Waals surface area contributed by atoms with Crippen LogP contribution in [-0.4, -0.2) is 12.8 Å². The second-order valence-corrected chi connectivity index (χ2v) is 4.40. The highest BCUT2D eigenvalue weighted by atomic mass is 19.1. The first-order valence-corrected chi connectivity index (χ1v) is 6.78. The van der Waals surface area contributed by atoms with Gasteiger partial charge in [0.15, 0.2) is 0 Å². The van der Waals surface area contributed by atoms with Gasteiger partial charge in [-0.15, -0.1) is 6.58 Å². The van der Waals surface area contributed by atoms with Crippen molar-refractivity contribution in [2.75, 3.05) is 6.54 Å². The van der Waals surface area contributed by atoms with Gasteiger partial charge in [0.25, 0.3) is 0 Å². The number of rotatable bonds is 6. The molecule has 0 saturated heterocycles. The standard InChI is InChI=1S/C14H19NO.C3H5F/c1-3-12(2)6-5-9-15-14-8-4-7-13(10-14)11-16;1-2-3-4/h3,5-6,8,10-12,15H,1,4,7,9H2,2H3;2-3H,1H3/b6-5+;3-2+. The topological polar surface area (TPSA) is 29.1 Å². The fraction of sp³-hybridized carbons (Fsp3) is 0.353. The van der Waals surface area contributed by atoms with Gasteiger partial charge < -0.3 is 5.32 Å². The zero-order valence-corrected chi connectivity index (χ0v) is 12.3. The Morgan fingerprint density at radius 1 is 1.55 bits per heavy atom. The molecule has 0 amide bonds. The number of hydrogen-bond acceptors (Lipinski definition) is 2. The Labute approximate surface area is 121 Å². The zero-order valence-electron chi connectivity index (χ0n) is 12.3. The van der Waals surface area contributed by atoms with Crippen LogP contribution >= 0.6 is 0 Å². The summed E-state index contributed by atoms with van der Waals surface area (Å²) in [6.45, 7) is 8.22. The second kappa shape index (κ2) is 12.2. The highest BCUT2D eigenvalue weighted by Crippen LogP contribution is 2.13. The van der Waals surface area contributed by atoms with Crippen molar-refractivity contribution >= 4 is 6.29 Å². The minimum atomic E-state index is 0.406. The van der Waals surface area contributed by atoms with Gasteiger partial charge in [0, 0.05) is 12.2 Å². The van der Waals surface area contributed by atoms with E-state index in [9.17, 15) is 9.18 Å². The average Bonchev–Trinajstić information content (AvgIpc) is 2.51. The molecule has 2 nitrogen and oxygen atoms in total. The van der Waals surface area contributed by atoms with Crippen LogP contribution in [0.4, 0.5) is 4.39 Å². The third-order valence-corrected chi connectivity index (χ3v) is 2.65. The molecular weight excluding hydrogens is 253 g/mol. The van der Waals surface area contributed by atoms with Crippen molar-refractivity contribution < 1.29 is 9.18 Å². The van der Waals surface area contributed by atoms with Crippen LogP contribution < -0.4 is 5.32 Å². The number of halogens is 1. The Kier molecular flexibility index (Phi) is 11.0. The molecule has 0 aromatic rings. The molecular formula is C17H24FNO. The van der Waals surface area contributed by atoms with Crippen molar-refractivity contribution in [1.82, 2.24) is 5.32 Å². The molecule has 0 aromatic carbocycles. The maximum absolute atomic E-state index is 10.6. The average molecular weight is 277 g/mol. The smallest absolute Gasteiger partial charge is 0.146 e. The summed E-state index contributed by atoms with van der Waals surface area (Å²) in [5, 5.41) is 3.27. The number of nitrogens with one attached hydrogen (secondary N) is 1. The Morgan fingerprint density at radius 2 is 2.25 bits per heavy atom. The first kappa shape index (κ1) is 18.1. The Bertz CT molecular complexity index is 401. The van der Waals surface area contributed by atoms with Gasteiger partial charge in [-0.2, -0.15) is 0 Å². The molecule has 1 atom stereocenters. The number of carbonyl (C=O) groups excluding carboxylic acids is 1. The third-order valence-electron chi connectivity index (χ3n) is 2.65.